The van der Waals surface area contributed by atoms with Gasteiger partial charge in [0.2, 0.25) is 5.91 Å². The van der Waals surface area contributed by atoms with Gasteiger partial charge in [-0.2, -0.15) is 18.4 Å². The molecule has 1 N–H and O–H groups in total. The van der Waals surface area contributed by atoms with E-state index < -0.39 is 11.7 Å². The Balaban J connectivity index is 1.68. The monoisotopic (exact) mass is 365 g/mol. The zero-order valence-corrected chi connectivity index (χ0v) is 14.5. The van der Waals surface area contributed by atoms with Crippen molar-refractivity contribution in [3.05, 3.63) is 29.3 Å². The second-order valence-electron chi connectivity index (χ2n) is 7.12. The van der Waals surface area contributed by atoms with Crippen LogP contribution in [0.4, 0.5) is 18.9 Å². The molecule has 3 rings (SSSR count). The van der Waals surface area contributed by atoms with Crippen LogP contribution in [0.5, 0.6) is 0 Å². The largest absolute Gasteiger partial charge is 0.418 e. The van der Waals surface area contributed by atoms with Crippen molar-refractivity contribution in [1.29, 1.82) is 5.26 Å². The van der Waals surface area contributed by atoms with E-state index in [9.17, 15) is 18.0 Å². The molecule has 0 bridgehead atoms. The van der Waals surface area contributed by atoms with Crippen LogP contribution >= 0.6 is 0 Å². The first-order valence-corrected chi connectivity index (χ1v) is 9.05. The number of amides is 1. The molecule has 1 aliphatic carbocycles. The van der Waals surface area contributed by atoms with Gasteiger partial charge in [-0.25, -0.2) is 0 Å². The first-order valence-electron chi connectivity index (χ1n) is 9.05. The van der Waals surface area contributed by atoms with E-state index in [4.69, 9.17) is 5.26 Å². The number of rotatable bonds is 3. The summed E-state index contributed by atoms with van der Waals surface area (Å²) in [6.07, 6.45) is 1.25. The molecule has 1 unspecified atom stereocenters. The van der Waals surface area contributed by atoms with Crippen molar-refractivity contribution in [2.45, 2.75) is 50.7 Å². The number of alkyl halides is 3. The molecule has 26 heavy (non-hydrogen) atoms. The van der Waals surface area contributed by atoms with E-state index in [0.29, 0.717) is 19.5 Å². The van der Waals surface area contributed by atoms with Gasteiger partial charge < -0.3 is 10.2 Å². The van der Waals surface area contributed by atoms with E-state index in [1.165, 1.54) is 18.6 Å². The van der Waals surface area contributed by atoms with E-state index in [-0.39, 0.29) is 29.1 Å². The van der Waals surface area contributed by atoms with Crippen LogP contribution < -0.4 is 5.32 Å². The molecule has 0 aromatic heterocycles. The number of anilines is 1. The fraction of sp³-hybridized carbons (Fsp3) is 0.579. The van der Waals surface area contributed by atoms with Gasteiger partial charge in [-0.1, -0.05) is 19.3 Å². The number of hydrogen-bond acceptors (Lipinski definition) is 3. The molecule has 1 saturated carbocycles. The number of carbonyl (C=O) groups is 1. The quantitative estimate of drug-likeness (QED) is 0.875. The lowest BCUT2D eigenvalue weighted by Gasteiger charge is -2.26. The van der Waals surface area contributed by atoms with Crippen molar-refractivity contribution in [3.63, 3.8) is 0 Å². The van der Waals surface area contributed by atoms with E-state index in [1.807, 2.05) is 6.07 Å². The summed E-state index contributed by atoms with van der Waals surface area (Å²) in [5.74, 6) is 0.200. The molecule has 0 spiro atoms. The molecule has 0 radical (unpaired) electrons. The second-order valence-corrected chi connectivity index (χ2v) is 7.12. The summed E-state index contributed by atoms with van der Waals surface area (Å²) in [7, 11) is 0. The molecule has 1 heterocycles. The first-order chi connectivity index (χ1) is 12.4. The van der Waals surface area contributed by atoms with Crippen LogP contribution in [-0.4, -0.2) is 29.9 Å². The van der Waals surface area contributed by atoms with Gasteiger partial charge in [0, 0.05) is 30.7 Å². The minimum absolute atomic E-state index is 0.0650. The van der Waals surface area contributed by atoms with E-state index in [2.05, 4.69) is 5.32 Å². The zero-order chi connectivity index (χ0) is 18.7. The van der Waals surface area contributed by atoms with Gasteiger partial charge in [0.1, 0.15) is 0 Å². The average Bonchev–Trinajstić information content (AvgIpc) is 3.09. The van der Waals surface area contributed by atoms with Crippen molar-refractivity contribution in [2.24, 2.45) is 5.92 Å². The van der Waals surface area contributed by atoms with Crippen molar-refractivity contribution < 1.29 is 18.0 Å². The van der Waals surface area contributed by atoms with Crippen molar-refractivity contribution in [3.8, 4) is 6.07 Å². The fourth-order valence-electron chi connectivity index (χ4n) is 3.89. The summed E-state index contributed by atoms with van der Waals surface area (Å²) in [5.41, 5.74) is -0.698. The number of halogens is 3. The summed E-state index contributed by atoms with van der Waals surface area (Å²) >= 11 is 0. The molecule has 1 saturated heterocycles. The lowest BCUT2D eigenvalue weighted by Crippen LogP contribution is -2.37. The highest BCUT2D eigenvalue weighted by molar-refractivity contribution is 5.79. The zero-order valence-electron chi connectivity index (χ0n) is 14.5. The van der Waals surface area contributed by atoms with Crippen LogP contribution in [0.1, 0.15) is 49.7 Å². The van der Waals surface area contributed by atoms with Crippen molar-refractivity contribution in [2.75, 3.05) is 18.4 Å². The Morgan fingerprint density at radius 3 is 2.58 bits per heavy atom. The van der Waals surface area contributed by atoms with Crippen LogP contribution in [-0.2, 0) is 11.0 Å². The predicted octanol–water partition coefficient (Wildman–Crippen LogP) is 4.17. The van der Waals surface area contributed by atoms with Crippen LogP contribution in [0, 0.1) is 17.2 Å². The molecule has 1 aromatic carbocycles. The molecule has 1 atom stereocenters. The number of nitriles is 1. The topological polar surface area (TPSA) is 56.1 Å². The summed E-state index contributed by atoms with van der Waals surface area (Å²) in [6, 6.07) is 4.96. The molecule has 2 fully saturated rings. The molecule has 1 amide bonds. The highest BCUT2D eigenvalue weighted by Gasteiger charge is 2.36. The van der Waals surface area contributed by atoms with Gasteiger partial charge in [0.15, 0.2) is 0 Å². The van der Waals surface area contributed by atoms with Gasteiger partial charge in [-0.3, -0.25) is 4.79 Å². The highest BCUT2D eigenvalue weighted by atomic mass is 19.4. The lowest BCUT2D eigenvalue weighted by atomic mass is 9.88. The molecular weight excluding hydrogens is 343 g/mol. The Labute approximate surface area is 151 Å². The molecule has 7 heteroatoms. The maximum Gasteiger partial charge on any atom is 0.418 e. The molecule has 4 nitrogen and oxygen atoms in total. The predicted molar refractivity (Wildman–Crippen MR) is 91.3 cm³/mol. The minimum Gasteiger partial charge on any atom is -0.380 e. The Morgan fingerprint density at radius 2 is 1.92 bits per heavy atom. The summed E-state index contributed by atoms with van der Waals surface area (Å²) < 4.78 is 39.7. The maximum atomic E-state index is 13.2. The van der Waals surface area contributed by atoms with Gasteiger partial charge in [0.05, 0.1) is 17.2 Å². The van der Waals surface area contributed by atoms with Crippen LogP contribution in [0.3, 0.4) is 0 Å². The summed E-state index contributed by atoms with van der Waals surface area (Å²) in [5, 5.41) is 11.9. The van der Waals surface area contributed by atoms with Crippen molar-refractivity contribution in [1.82, 2.24) is 4.90 Å². The second kappa shape index (κ2) is 7.56. The highest BCUT2D eigenvalue weighted by Crippen LogP contribution is 2.36. The molecule has 140 valence electrons. The van der Waals surface area contributed by atoms with Crippen LogP contribution in [0.15, 0.2) is 18.2 Å². The van der Waals surface area contributed by atoms with Gasteiger partial charge in [0.25, 0.3) is 0 Å². The van der Waals surface area contributed by atoms with Crippen LogP contribution in [0.25, 0.3) is 0 Å². The minimum atomic E-state index is -4.49. The van der Waals surface area contributed by atoms with Gasteiger partial charge >= 0.3 is 6.18 Å². The molecule has 1 aliphatic heterocycles. The third-order valence-corrected chi connectivity index (χ3v) is 5.27. The molecular formula is C19H22F3N3O. The lowest BCUT2D eigenvalue weighted by molar-refractivity contribution is -0.137. The Bertz CT molecular complexity index is 705. The number of carbonyl (C=O) groups excluding carboxylic acids is 1. The van der Waals surface area contributed by atoms with E-state index in [0.717, 1.165) is 31.7 Å². The smallest absolute Gasteiger partial charge is 0.380 e. The summed E-state index contributed by atoms with van der Waals surface area (Å²) in [6.45, 7) is 0.968. The average molecular weight is 365 g/mol. The number of hydrogen-bond donors (Lipinski definition) is 1. The Hall–Kier alpha value is -2.23. The van der Waals surface area contributed by atoms with Crippen molar-refractivity contribution >= 4 is 11.6 Å². The first kappa shape index (κ1) is 18.6. The third kappa shape index (κ3) is 4.12. The third-order valence-electron chi connectivity index (χ3n) is 5.27. The Morgan fingerprint density at radius 1 is 1.19 bits per heavy atom. The van der Waals surface area contributed by atoms with Crippen LogP contribution in [0.2, 0.25) is 0 Å². The van der Waals surface area contributed by atoms with E-state index in [1.54, 1.807) is 4.90 Å². The number of nitrogens with one attached hydrogen (secondary N) is 1. The number of likely N-dealkylation sites (tertiary alicyclic amines) is 1. The standard InChI is InChI=1S/C19H22F3N3O/c20-19(21,22)16-7-6-13(11-23)10-17(16)24-15-8-9-25(12-15)18(26)14-4-2-1-3-5-14/h6-7,10,14-15,24H,1-5,8-9,12H2. The summed E-state index contributed by atoms with van der Waals surface area (Å²) in [4.78, 5) is 14.4. The van der Waals surface area contributed by atoms with E-state index >= 15 is 0 Å². The normalized spacial score (nSPS) is 21.5. The molecule has 1 aromatic rings. The Kier molecular flexibility index (Phi) is 5.40. The van der Waals surface area contributed by atoms with Gasteiger partial charge in [-0.15, -0.1) is 0 Å². The maximum absolute atomic E-state index is 13.2. The van der Waals surface area contributed by atoms with Gasteiger partial charge in [-0.05, 0) is 37.5 Å². The molecule has 2 aliphatic rings. The SMILES string of the molecule is N#Cc1ccc(C(F)(F)F)c(NC2CCN(C(=O)C3CCCCC3)C2)c1. The number of nitrogens with zero attached hydrogens (tertiary/aromatic N) is 2. The fourth-order valence-corrected chi connectivity index (χ4v) is 3.89. The number of benzene rings is 1.